The minimum absolute atomic E-state index is 0.185. The first-order valence-corrected chi connectivity index (χ1v) is 4.81. The maximum atomic E-state index is 10.7. The smallest absolute Gasteiger partial charge is 0.303 e. The Kier molecular flexibility index (Phi) is 3.48. The minimum Gasteiger partial charge on any atom is -0.458 e. The fourth-order valence-corrected chi connectivity index (χ4v) is 1.49. The minimum atomic E-state index is -0.257. The highest BCUT2D eigenvalue weighted by Gasteiger charge is 2.07. The second-order valence-corrected chi connectivity index (χ2v) is 3.72. The summed E-state index contributed by atoms with van der Waals surface area (Å²) in [6, 6.07) is 7.72. The number of ether oxygens (including phenoxy) is 1. The number of esters is 1. The molecule has 0 amide bonds. The molecule has 3 heteroatoms. The average molecular weight is 243 g/mol. The van der Waals surface area contributed by atoms with Crippen molar-refractivity contribution in [3.63, 3.8) is 0 Å². The van der Waals surface area contributed by atoms with E-state index < -0.39 is 0 Å². The monoisotopic (exact) mass is 242 g/mol. The zero-order valence-corrected chi connectivity index (χ0v) is 9.17. The molecule has 70 valence electrons. The highest BCUT2D eigenvalue weighted by Crippen LogP contribution is 2.20. The second-order valence-electron chi connectivity index (χ2n) is 2.81. The predicted molar refractivity (Wildman–Crippen MR) is 54.3 cm³/mol. The summed E-state index contributed by atoms with van der Waals surface area (Å²) in [6.45, 7) is 3.26. The van der Waals surface area contributed by atoms with Gasteiger partial charge >= 0.3 is 5.97 Å². The lowest BCUT2D eigenvalue weighted by Crippen LogP contribution is -2.04. The molecule has 0 unspecified atom stereocenters. The van der Waals surface area contributed by atoms with Crippen LogP contribution < -0.4 is 0 Å². The van der Waals surface area contributed by atoms with E-state index in [2.05, 4.69) is 15.9 Å². The van der Waals surface area contributed by atoms with E-state index in [0.29, 0.717) is 0 Å². The molecule has 0 N–H and O–H groups in total. The maximum absolute atomic E-state index is 10.7. The Morgan fingerprint density at radius 2 is 2.23 bits per heavy atom. The molecule has 0 spiro atoms. The number of carbonyl (C=O) groups excluding carboxylic acids is 1. The van der Waals surface area contributed by atoms with Crippen molar-refractivity contribution in [1.82, 2.24) is 0 Å². The molecule has 0 heterocycles. The Morgan fingerprint density at radius 1 is 1.54 bits per heavy atom. The van der Waals surface area contributed by atoms with Gasteiger partial charge < -0.3 is 4.74 Å². The van der Waals surface area contributed by atoms with Gasteiger partial charge in [0.15, 0.2) is 0 Å². The summed E-state index contributed by atoms with van der Waals surface area (Å²) in [6.07, 6.45) is -0.185. The molecule has 0 aliphatic heterocycles. The van der Waals surface area contributed by atoms with Crippen LogP contribution in [0.3, 0.4) is 0 Å². The highest BCUT2D eigenvalue weighted by molar-refractivity contribution is 9.10. The molecule has 0 radical (unpaired) electrons. The van der Waals surface area contributed by atoms with Crippen molar-refractivity contribution in [2.75, 3.05) is 0 Å². The first kappa shape index (κ1) is 10.3. The van der Waals surface area contributed by atoms with Gasteiger partial charge in [0.05, 0.1) is 0 Å². The summed E-state index contributed by atoms with van der Waals surface area (Å²) in [4.78, 5) is 10.7. The van der Waals surface area contributed by atoms with Crippen molar-refractivity contribution in [1.29, 1.82) is 0 Å². The van der Waals surface area contributed by atoms with Gasteiger partial charge in [-0.25, -0.2) is 0 Å². The largest absolute Gasteiger partial charge is 0.458 e. The van der Waals surface area contributed by atoms with E-state index in [4.69, 9.17) is 4.74 Å². The number of rotatable bonds is 2. The van der Waals surface area contributed by atoms with Crippen LogP contribution in [0.5, 0.6) is 0 Å². The molecule has 0 bridgehead atoms. The third-order valence-corrected chi connectivity index (χ3v) is 2.15. The van der Waals surface area contributed by atoms with Gasteiger partial charge in [0.25, 0.3) is 0 Å². The van der Waals surface area contributed by atoms with Crippen LogP contribution >= 0.6 is 15.9 Å². The van der Waals surface area contributed by atoms with Crippen molar-refractivity contribution in [2.45, 2.75) is 20.0 Å². The van der Waals surface area contributed by atoms with Crippen molar-refractivity contribution in [3.8, 4) is 0 Å². The Balaban J connectivity index is 2.76. The molecule has 0 aliphatic rings. The molecule has 1 atom stereocenters. The summed E-state index contributed by atoms with van der Waals surface area (Å²) < 4.78 is 6.02. The van der Waals surface area contributed by atoms with Crippen LogP contribution in [0.4, 0.5) is 0 Å². The van der Waals surface area contributed by atoms with Crippen LogP contribution in [0, 0.1) is 0 Å². The van der Waals surface area contributed by atoms with Crippen LogP contribution in [0.25, 0.3) is 0 Å². The summed E-state index contributed by atoms with van der Waals surface area (Å²) >= 11 is 3.36. The highest BCUT2D eigenvalue weighted by atomic mass is 79.9. The molecule has 1 aromatic rings. The Labute approximate surface area is 86.0 Å². The number of halogens is 1. The summed E-state index contributed by atoms with van der Waals surface area (Å²) in [7, 11) is 0. The van der Waals surface area contributed by atoms with Gasteiger partial charge in [-0.1, -0.05) is 28.1 Å². The Hall–Kier alpha value is -0.830. The Morgan fingerprint density at radius 3 is 2.77 bits per heavy atom. The number of benzene rings is 1. The van der Waals surface area contributed by atoms with E-state index in [1.807, 2.05) is 31.2 Å². The zero-order chi connectivity index (χ0) is 9.84. The molecular formula is C10H11BrO2. The molecule has 0 saturated heterocycles. The summed E-state index contributed by atoms with van der Waals surface area (Å²) in [5, 5.41) is 0. The molecule has 0 fully saturated rings. The van der Waals surface area contributed by atoms with E-state index in [9.17, 15) is 4.79 Å². The van der Waals surface area contributed by atoms with Crippen LogP contribution in [-0.4, -0.2) is 5.97 Å². The zero-order valence-electron chi connectivity index (χ0n) is 7.58. The van der Waals surface area contributed by atoms with Crippen LogP contribution in [0.2, 0.25) is 0 Å². The SMILES string of the molecule is CC(=O)O[C@@H](C)c1cccc(Br)c1. The van der Waals surface area contributed by atoms with Gasteiger partial charge in [0, 0.05) is 11.4 Å². The number of carbonyl (C=O) groups is 1. The van der Waals surface area contributed by atoms with Crippen molar-refractivity contribution in [3.05, 3.63) is 34.3 Å². The molecule has 13 heavy (non-hydrogen) atoms. The van der Waals surface area contributed by atoms with Gasteiger partial charge in [-0.3, -0.25) is 4.79 Å². The quantitative estimate of drug-likeness (QED) is 0.746. The van der Waals surface area contributed by atoms with Crippen LogP contribution in [0.15, 0.2) is 28.7 Å². The molecule has 2 nitrogen and oxygen atoms in total. The lowest BCUT2D eigenvalue weighted by molar-refractivity contribution is -0.145. The average Bonchev–Trinajstić information content (AvgIpc) is 2.03. The van der Waals surface area contributed by atoms with Gasteiger partial charge in [-0.15, -0.1) is 0 Å². The van der Waals surface area contributed by atoms with Gasteiger partial charge in [0.2, 0.25) is 0 Å². The first-order valence-electron chi connectivity index (χ1n) is 4.02. The predicted octanol–water partition coefficient (Wildman–Crippen LogP) is 3.07. The van der Waals surface area contributed by atoms with Crippen LogP contribution in [-0.2, 0) is 9.53 Å². The fourth-order valence-electron chi connectivity index (χ4n) is 1.08. The lowest BCUT2D eigenvalue weighted by atomic mass is 10.1. The fraction of sp³-hybridized carbons (Fsp3) is 0.300. The van der Waals surface area contributed by atoms with Gasteiger partial charge in [-0.2, -0.15) is 0 Å². The van der Waals surface area contributed by atoms with Crippen molar-refractivity contribution in [2.24, 2.45) is 0 Å². The summed E-state index contributed by atoms with van der Waals surface area (Å²) in [5.74, 6) is -0.257. The topological polar surface area (TPSA) is 26.3 Å². The number of hydrogen-bond acceptors (Lipinski definition) is 2. The number of hydrogen-bond donors (Lipinski definition) is 0. The normalized spacial score (nSPS) is 12.2. The van der Waals surface area contributed by atoms with Crippen LogP contribution in [0.1, 0.15) is 25.5 Å². The third kappa shape index (κ3) is 3.19. The first-order chi connectivity index (χ1) is 6.09. The molecule has 0 saturated carbocycles. The third-order valence-electron chi connectivity index (χ3n) is 1.66. The van der Waals surface area contributed by atoms with Gasteiger partial charge in [0.1, 0.15) is 6.10 Å². The molecule has 0 aliphatic carbocycles. The maximum Gasteiger partial charge on any atom is 0.303 e. The van der Waals surface area contributed by atoms with E-state index in [1.54, 1.807) is 0 Å². The van der Waals surface area contributed by atoms with E-state index in [0.717, 1.165) is 10.0 Å². The molecule has 1 aromatic carbocycles. The lowest BCUT2D eigenvalue weighted by Gasteiger charge is -2.11. The van der Waals surface area contributed by atoms with Gasteiger partial charge in [-0.05, 0) is 24.6 Å². The van der Waals surface area contributed by atoms with Crippen molar-refractivity contribution >= 4 is 21.9 Å². The van der Waals surface area contributed by atoms with Crippen molar-refractivity contribution < 1.29 is 9.53 Å². The molecule has 1 rings (SSSR count). The Bertz CT molecular complexity index is 310. The molecular weight excluding hydrogens is 232 g/mol. The molecule has 0 aromatic heterocycles. The van der Waals surface area contributed by atoms with E-state index in [1.165, 1.54) is 6.92 Å². The second kappa shape index (κ2) is 4.42. The van der Waals surface area contributed by atoms with E-state index in [-0.39, 0.29) is 12.1 Å². The van der Waals surface area contributed by atoms with E-state index >= 15 is 0 Å². The standard InChI is InChI=1S/C10H11BrO2/c1-7(13-8(2)12)9-4-3-5-10(11)6-9/h3-7H,1-2H3/t7-/m0/s1. The summed E-state index contributed by atoms with van der Waals surface area (Å²) in [5.41, 5.74) is 0.990.